The van der Waals surface area contributed by atoms with E-state index in [4.69, 9.17) is 5.11 Å². The van der Waals surface area contributed by atoms with Crippen molar-refractivity contribution >= 4 is 27.7 Å². The molecule has 0 bridgehead atoms. The van der Waals surface area contributed by atoms with E-state index in [1.807, 2.05) is 6.92 Å². The maximum atomic E-state index is 12.0. The molecule has 25 heavy (non-hydrogen) atoms. The number of benzene rings is 1. The topological polar surface area (TPSA) is 125 Å². The Labute approximate surface area is 146 Å². The molecule has 1 aliphatic heterocycles. The Hall–Kier alpha value is -2.42. The number of hydrogen-bond donors (Lipinski definition) is 3. The lowest BCUT2D eigenvalue weighted by Crippen LogP contribution is -2.41. The van der Waals surface area contributed by atoms with Gasteiger partial charge >= 0.3 is 5.97 Å². The quantitative estimate of drug-likeness (QED) is 0.659. The number of fused-ring (bicyclic) bond motifs is 1. The number of nitrogens with zero attached hydrogens (tertiary/aromatic N) is 1. The van der Waals surface area contributed by atoms with Gasteiger partial charge in [0.2, 0.25) is 5.91 Å². The zero-order chi connectivity index (χ0) is 18.6. The summed E-state index contributed by atoms with van der Waals surface area (Å²) in [5.41, 5.74) is 0.462. The zero-order valence-corrected chi connectivity index (χ0v) is 14.8. The number of sulfonamides is 1. The summed E-state index contributed by atoms with van der Waals surface area (Å²) in [5, 5.41) is 11.5. The van der Waals surface area contributed by atoms with Crippen LogP contribution in [-0.4, -0.2) is 43.3 Å². The number of aliphatic imine (C=N–C) groups is 1. The van der Waals surface area contributed by atoms with Crippen LogP contribution in [0.1, 0.15) is 38.7 Å². The lowest BCUT2D eigenvalue weighted by molar-refractivity contribution is -0.142. The molecule has 1 heterocycles. The van der Waals surface area contributed by atoms with Gasteiger partial charge in [-0.05, 0) is 25.5 Å². The number of carboxylic acid groups (broad SMARTS) is 1. The number of rotatable bonds is 7. The van der Waals surface area contributed by atoms with Gasteiger partial charge in [0, 0.05) is 12.0 Å². The minimum atomic E-state index is -3.63. The summed E-state index contributed by atoms with van der Waals surface area (Å²) in [7, 11) is -3.63. The second-order valence-corrected chi connectivity index (χ2v) is 7.53. The van der Waals surface area contributed by atoms with Crippen molar-refractivity contribution in [3.8, 4) is 0 Å². The van der Waals surface area contributed by atoms with E-state index in [-0.39, 0.29) is 17.2 Å². The third-order valence-electron chi connectivity index (χ3n) is 3.70. The van der Waals surface area contributed by atoms with Gasteiger partial charge in [-0.3, -0.25) is 14.5 Å². The average Bonchev–Trinajstić information content (AvgIpc) is 2.78. The fourth-order valence-corrected chi connectivity index (χ4v) is 3.80. The first-order valence-corrected chi connectivity index (χ1v) is 9.45. The average molecular weight is 367 g/mol. The third-order valence-corrected chi connectivity index (χ3v) is 5.10. The highest BCUT2D eigenvalue weighted by Crippen LogP contribution is 2.22. The second kappa shape index (κ2) is 7.64. The first kappa shape index (κ1) is 18.9. The molecule has 9 heteroatoms. The molecular weight excluding hydrogens is 346 g/mol. The Morgan fingerprint density at radius 1 is 1.32 bits per heavy atom. The first-order chi connectivity index (χ1) is 11.7. The minimum absolute atomic E-state index is 0.0408. The van der Waals surface area contributed by atoms with Crippen LogP contribution in [0, 0.1) is 0 Å². The Morgan fingerprint density at radius 3 is 2.64 bits per heavy atom. The van der Waals surface area contributed by atoms with E-state index >= 15 is 0 Å². The summed E-state index contributed by atoms with van der Waals surface area (Å²) in [6, 6.07) is 5.01. The van der Waals surface area contributed by atoms with Crippen molar-refractivity contribution in [2.24, 2.45) is 4.99 Å². The van der Waals surface area contributed by atoms with Gasteiger partial charge in [0.1, 0.15) is 11.9 Å². The summed E-state index contributed by atoms with van der Waals surface area (Å²) >= 11 is 0. The van der Waals surface area contributed by atoms with E-state index in [9.17, 15) is 18.0 Å². The van der Waals surface area contributed by atoms with Crippen molar-refractivity contribution in [3.05, 3.63) is 29.8 Å². The molecule has 0 aliphatic carbocycles. The standard InChI is InChI=1S/C16H21N3O5S/c1-3-6-12(16(21)22)18-14(20)9-10(2)17-15-11-7-4-5-8-13(11)25(23,24)19-15/h4-5,7-8,10,12H,3,6,9H2,1-2H3,(H,17,19)(H,18,20)(H,21,22). The largest absolute Gasteiger partial charge is 0.480 e. The molecule has 1 aromatic carbocycles. The maximum absolute atomic E-state index is 12.0. The van der Waals surface area contributed by atoms with E-state index in [0.29, 0.717) is 18.4 Å². The van der Waals surface area contributed by atoms with Crippen LogP contribution >= 0.6 is 0 Å². The van der Waals surface area contributed by atoms with Crippen molar-refractivity contribution in [2.45, 2.75) is 50.1 Å². The molecule has 1 aromatic rings. The van der Waals surface area contributed by atoms with E-state index in [0.717, 1.165) is 0 Å². The molecule has 8 nitrogen and oxygen atoms in total. The smallest absolute Gasteiger partial charge is 0.326 e. The fraction of sp³-hybridized carbons (Fsp3) is 0.438. The van der Waals surface area contributed by atoms with Gasteiger partial charge in [-0.1, -0.05) is 25.5 Å². The molecular formula is C16H21N3O5S. The van der Waals surface area contributed by atoms with Crippen LogP contribution in [0.2, 0.25) is 0 Å². The number of nitrogens with one attached hydrogen (secondary N) is 2. The van der Waals surface area contributed by atoms with Crippen LogP contribution in [-0.2, 0) is 19.6 Å². The zero-order valence-electron chi connectivity index (χ0n) is 14.0. The summed E-state index contributed by atoms with van der Waals surface area (Å²) < 4.78 is 26.4. The summed E-state index contributed by atoms with van der Waals surface area (Å²) in [6.45, 7) is 3.50. The number of carboxylic acids is 1. The van der Waals surface area contributed by atoms with Crippen molar-refractivity contribution in [3.63, 3.8) is 0 Å². The highest BCUT2D eigenvalue weighted by Gasteiger charge is 2.30. The number of hydrogen-bond acceptors (Lipinski definition) is 5. The lowest BCUT2D eigenvalue weighted by atomic mass is 10.1. The Kier molecular flexibility index (Phi) is 5.78. The Morgan fingerprint density at radius 2 is 2.00 bits per heavy atom. The van der Waals surface area contributed by atoms with E-state index in [2.05, 4.69) is 15.0 Å². The van der Waals surface area contributed by atoms with Crippen LogP contribution in [0.5, 0.6) is 0 Å². The second-order valence-electron chi connectivity index (χ2n) is 5.88. The molecule has 136 valence electrons. The molecule has 0 fully saturated rings. The molecule has 1 aliphatic rings. The molecule has 2 unspecified atom stereocenters. The number of amides is 1. The third kappa shape index (κ3) is 4.56. The highest BCUT2D eigenvalue weighted by molar-refractivity contribution is 7.90. The molecule has 2 atom stereocenters. The predicted molar refractivity (Wildman–Crippen MR) is 91.9 cm³/mol. The van der Waals surface area contributed by atoms with Crippen molar-refractivity contribution in [1.29, 1.82) is 0 Å². The van der Waals surface area contributed by atoms with Gasteiger partial charge in [-0.25, -0.2) is 13.2 Å². The number of aliphatic carboxylic acids is 1. The van der Waals surface area contributed by atoms with Crippen LogP contribution in [0.3, 0.4) is 0 Å². The lowest BCUT2D eigenvalue weighted by Gasteiger charge is -2.15. The van der Waals surface area contributed by atoms with Gasteiger partial charge in [0.05, 0.1) is 10.9 Å². The Balaban J connectivity index is 2.07. The van der Waals surface area contributed by atoms with Crippen LogP contribution in [0.25, 0.3) is 0 Å². The molecule has 0 radical (unpaired) electrons. The Bertz CT molecular complexity index is 804. The van der Waals surface area contributed by atoms with Gasteiger partial charge < -0.3 is 10.4 Å². The fourth-order valence-electron chi connectivity index (χ4n) is 2.56. The van der Waals surface area contributed by atoms with Gasteiger partial charge in [-0.2, -0.15) is 0 Å². The monoisotopic (exact) mass is 367 g/mol. The van der Waals surface area contributed by atoms with Crippen LogP contribution in [0.15, 0.2) is 34.2 Å². The van der Waals surface area contributed by atoms with Gasteiger partial charge in [0.25, 0.3) is 10.0 Å². The van der Waals surface area contributed by atoms with Crippen molar-refractivity contribution < 1.29 is 23.1 Å². The number of carbonyl (C=O) groups is 2. The molecule has 0 aromatic heterocycles. The molecule has 0 saturated carbocycles. The van der Waals surface area contributed by atoms with Crippen LogP contribution in [0.4, 0.5) is 0 Å². The van der Waals surface area contributed by atoms with E-state index in [1.54, 1.807) is 25.1 Å². The predicted octanol–water partition coefficient (Wildman–Crippen LogP) is 0.873. The highest BCUT2D eigenvalue weighted by atomic mass is 32.2. The minimum Gasteiger partial charge on any atom is -0.480 e. The molecule has 0 saturated heterocycles. The SMILES string of the molecule is CCCC(NC(=O)CC(C)N=C1NS(=O)(=O)c2ccccc21)C(=O)O. The summed E-state index contributed by atoms with van der Waals surface area (Å²) in [6.07, 6.45) is 0.936. The van der Waals surface area contributed by atoms with Gasteiger partial charge in [-0.15, -0.1) is 0 Å². The van der Waals surface area contributed by atoms with Crippen molar-refractivity contribution in [1.82, 2.24) is 10.0 Å². The molecule has 2 rings (SSSR count). The maximum Gasteiger partial charge on any atom is 0.326 e. The van der Waals surface area contributed by atoms with E-state index in [1.165, 1.54) is 6.07 Å². The molecule has 1 amide bonds. The van der Waals surface area contributed by atoms with E-state index < -0.39 is 34.0 Å². The first-order valence-electron chi connectivity index (χ1n) is 7.96. The summed E-state index contributed by atoms with van der Waals surface area (Å²) in [5.74, 6) is -1.32. The van der Waals surface area contributed by atoms with Gasteiger partial charge in [0.15, 0.2) is 0 Å². The normalized spacial score (nSPS) is 18.9. The molecule has 0 spiro atoms. The van der Waals surface area contributed by atoms with Crippen molar-refractivity contribution in [2.75, 3.05) is 0 Å². The number of amidine groups is 1. The molecule has 3 N–H and O–H groups in total. The number of carbonyl (C=O) groups excluding carboxylic acids is 1. The summed E-state index contributed by atoms with van der Waals surface area (Å²) in [4.78, 5) is 27.5. The van der Waals surface area contributed by atoms with Crippen LogP contribution < -0.4 is 10.0 Å².